The number of pyridine rings is 1. The van der Waals surface area contributed by atoms with Gasteiger partial charge in [0.1, 0.15) is 11.5 Å². The van der Waals surface area contributed by atoms with Crippen molar-refractivity contribution < 1.29 is 14.3 Å². The number of likely N-dealkylation sites (tertiary alicyclic amines) is 1. The molecule has 0 N–H and O–H groups in total. The third-order valence-corrected chi connectivity index (χ3v) is 6.27. The lowest BCUT2D eigenvalue weighted by Crippen LogP contribution is -2.24. The maximum absolute atomic E-state index is 12.6. The third-order valence-electron chi connectivity index (χ3n) is 6.02. The van der Waals surface area contributed by atoms with E-state index in [4.69, 9.17) is 21.1 Å². The first kappa shape index (κ1) is 24.2. The number of aromatic nitrogens is 1. The number of carbonyl (C=O) groups excluding carboxylic acids is 1. The summed E-state index contributed by atoms with van der Waals surface area (Å²) in [6.07, 6.45) is 4.60. The van der Waals surface area contributed by atoms with E-state index in [-0.39, 0.29) is 18.0 Å². The fraction of sp³-hybridized carbons (Fsp3) is 0.357. The van der Waals surface area contributed by atoms with E-state index in [1.54, 1.807) is 12.3 Å². The number of ether oxygens (including phenoxy) is 2. The lowest BCUT2D eigenvalue weighted by molar-refractivity contribution is 0.0375. The van der Waals surface area contributed by atoms with Crippen LogP contribution in [-0.2, 0) is 11.3 Å². The highest BCUT2D eigenvalue weighted by Crippen LogP contribution is 2.32. The quantitative estimate of drug-likeness (QED) is 0.347. The Balaban J connectivity index is 1.44. The zero-order chi connectivity index (χ0) is 23.9. The van der Waals surface area contributed by atoms with Crippen molar-refractivity contribution in [1.82, 2.24) is 9.88 Å². The van der Waals surface area contributed by atoms with Crippen molar-refractivity contribution in [3.63, 3.8) is 0 Å². The number of esters is 1. The van der Waals surface area contributed by atoms with Gasteiger partial charge < -0.3 is 9.47 Å². The van der Waals surface area contributed by atoms with Crippen LogP contribution in [0.15, 0.2) is 66.9 Å². The number of hydrogen-bond acceptors (Lipinski definition) is 5. The molecular formula is C28H31ClN2O3. The van der Waals surface area contributed by atoms with E-state index >= 15 is 0 Å². The normalized spacial score (nSPS) is 16.8. The molecule has 1 aliphatic heterocycles. The molecular weight excluding hydrogens is 448 g/mol. The molecule has 178 valence electrons. The maximum atomic E-state index is 12.6. The zero-order valence-corrected chi connectivity index (χ0v) is 20.5. The molecule has 0 aliphatic carbocycles. The van der Waals surface area contributed by atoms with Gasteiger partial charge in [0.25, 0.3) is 0 Å². The Kier molecular flexibility index (Phi) is 8.20. The average molecular weight is 479 g/mol. The highest BCUT2D eigenvalue weighted by atomic mass is 35.5. The van der Waals surface area contributed by atoms with Crippen LogP contribution < -0.4 is 4.74 Å². The van der Waals surface area contributed by atoms with Crippen LogP contribution in [0, 0.1) is 0 Å². The van der Waals surface area contributed by atoms with Gasteiger partial charge in [-0.05, 0) is 88.7 Å². The van der Waals surface area contributed by atoms with Gasteiger partial charge in [-0.2, -0.15) is 0 Å². The van der Waals surface area contributed by atoms with Crippen LogP contribution in [0.25, 0.3) is 0 Å². The lowest BCUT2D eigenvalue weighted by Gasteiger charge is -2.22. The summed E-state index contributed by atoms with van der Waals surface area (Å²) in [6, 6.07) is 19.2. The lowest BCUT2D eigenvalue weighted by atomic mass is 9.93. The molecule has 0 amide bonds. The van der Waals surface area contributed by atoms with Gasteiger partial charge in [-0.25, -0.2) is 4.79 Å². The van der Waals surface area contributed by atoms with Crippen molar-refractivity contribution in [2.45, 2.75) is 51.7 Å². The predicted molar refractivity (Wildman–Crippen MR) is 135 cm³/mol. The van der Waals surface area contributed by atoms with Crippen molar-refractivity contribution in [2.75, 3.05) is 13.1 Å². The number of benzene rings is 2. The minimum atomic E-state index is -0.285. The zero-order valence-electron chi connectivity index (χ0n) is 19.7. The number of rotatable bonds is 7. The van der Waals surface area contributed by atoms with Gasteiger partial charge in [0.2, 0.25) is 0 Å². The van der Waals surface area contributed by atoms with Crippen LogP contribution in [0.2, 0.25) is 5.02 Å². The smallest absolute Gasteiger partial charge is 0.340 e. The van der Waals surface area contributed by atoms with Crippen LogP contribution in [0.1, 0.15) is 60.6 Å². The molecule has 0 radical (unpaired) electrons. The van der Waals surface area contributed by atoms with E-state index in [1.165, 1.54) is 0 Å². The number of para-hydroxylation sites is 1. The summed E-state index contributed by atoms with van der Waals surface area (Å²) in [5.41, 5.74) is 2.60. The van der Waals surface area contributed by atoms with Gasteiger partial charge in [0, 0.05) is 29.2 Å². The molecule has 1 saturated heterocycles. The van der Waals surface area contributed by atoms with Gasteiger partial charge in [-0.3, -0.25) is 9.88 Å². The molecule has 0 bridgehead atoms. The third kappa shape index (κ3) is 6.37. The van der Waals surface area contributed by atoms with Crippen molar-refractivity contribution in [2.24, 2.45) is 0 Å². The Morgan fingerprint density at radius 3 is 2.65 bits per heavy atom. The molecule has 6 heteroatoms. The minimum Gasteiger partial charge on any atom is -0.459 e. The molecule has 2 heterocycles. The average Bonchev–Trinajstić information content (AvgIpc) is 3.07. The summed E-state index contributed by atoms with van der Waals surface area (Å²) >= 11 is 6.00. The topological polar surface area (TPSA) is 51.7 Å². The van der Waals surface area contributed by atoms with E-state index in [9.17, 15) is 4.79 Å². The number of carbonyl (C=O) groups is 1. The molecule has 2 aromatic carbocycles. The summed E-state index contributed by atoms with van der Waals surface area (Å²) in [6.45, 7) is 6.46. The second kappa shape index (κ2) is 11.5. The first-order valence-corrected chi connectivity index (χ1v) is 12.3. The minimum absolute atomic E-state index is 0.152. The number of nitrogens with zero attached hydrogens (tertiary/aromatic N) is 2. The van der Waals surface area contributed by atoms with Crippen LogP contribution in [0.4, 0.5) is 0 Å². The molecule has 1 unspecified atom stereocenters. The van der Waals surface area contributed by atoms with Crippen LogP contribution in [0.5, 0.6) is 11.5 Å². The standard InChI is InChI=1S/C28H31ClN2O3/c1-20(2)33-28(32)25-9-5-16-30-27(25)21-8-6-17-31(18-15-21)19-22-7-3-4-10-26(22)34-24-13-11-23(29)12-14-24/h3-5,7,9-14,16,20-21H,6,8,15,17-19H2,1-2H3. The van der Waals surface area contributed by atoms with Crippen molar-refractivity contribution in [3.8, 4) is 11.5 Å². The molecule has 34 heavy (non-hydrogen) atoms. The SMILES string of the molecule is CC(C)OC(=O)c1cccnc1C1CCCN(Cc2ccccc2Oc2ccc(Cl)cc2)CC1. The van der Waals surface area contributed by atoms with Gasteiger partial charge in [-0.15, -0.1) is 0 Å². The first-order valence-electron chi connectivity index (χ1n) is 11.9. The molecule has 0 spiro atoms. The summed E-state index contributed by atoms with van der Waals surface area (Å²) in [7, 11) is 0. The molecule has 4 rings (SSSR count). The number of hydrogen-bond donors (Lipinski definition) is 0. The molecule has 5 nitrogen and oxygen atoms in total. The van der Waals surface area contributed by atoms with Crippen LogP contribution in [0.3, 0.4) is 0 Å². The summed E-state index contributed by atoms with van der Waals surface area (Å²) in [5.74, 6) is 1.58. The van der Waals surface area contributed by atoms with Crippen molar-refractivity contribution in [1.29, 1.82) is 0 Å². The summed E-state index contributed by atoms with van der Waals surface area (Å²) in [4.78, 5) is 19.7. The fourth-order valence-corrected chi connectivity index (χ4v) is 4.51. The van der Waals surface area contributed by atoms with E-state index in [0.717, 1.165) is 61.7 Å². The fourth-order valence-electron chi connectivity index (χ4n) is 4.38. The van der Waals surface area contributed by atoms with Crippen LogP contribution >= 0.6 is 11.6 Å². The van der Waals surface area contributed by atoms with Crippen molar-refractivity contribution >= 4 is 17.6 Å². The largest absolute Gasteiger partial charge is 0.459 e. The van der Waals surface area contributed by atoms with E-state index in [0.29, 0.717) is 10.6 Å². The van der Waals surface area contributed by atoms with Gasteiger partial charge >= 0.3 is 5.97 Å². The van der Waals surface area contributed by atoms with Gasteiger partial charge in [-0.1, -0.05) is 29.8 Å². The molecule has 3 aromatic rings. The summed E-state index contributed by atoms with van der Waals surface area (Å²) < 4.78 is 11.6. The Bertz CT molecular complexity index is 1100. The van der Waals surface area contributed by atoms with E-state index < -0.39 is 0 Å². The highest BCUT2D eigenvalue weighted by Gasteiger charge is 2.25. The van der Waals surface area contributed by atoms with Crippen molar-refractivity contribution in [3.05, 3.63) is 88.7 Å². The monoisotopic (exact) mass is 478 g/mol. The Labute approximate surface area is 206 Å². The second-order valence-electron chi connectivity index (χ2n) is 8.96. The summed E-state index contributed by atoms with van der Waals surface area (Å²) in [5, 5.41) is 0.688. The molecule has 1 fully saturated rings. The Hall–Kier alpha value is -2.89. The highest BCUT2D eigenvalue weighted by molar-refractivity contribution is 6.30. The predicted octanol–water partition coefficient (Wildman–Crippen LogP) is 6.86. The second-order valence-corrected chi connectivity index (χ2v) is 9.39. The first-order chi connectivity index (χ1) is 16.5. The maximum Gasteiger partial charge on any atom is 0.340 e. The van der Waals surface area contributed by atoms with Crippen LogP contribution in [-0.4, -0.2) is 35.0 Å². The van der Waals surface area contributed by atoms with E-state index in [1.807, 2.05) is 62.4 Å². The molecule has 1 aromatic heterocycles. The Morgan fingerprint density at radius 1 is 1.06 bits per heavy atom. The van der Waals surface area contributed by atoms with Gasteiger partial charge in [0.15, 0.2) is 0 Å². The van der Waals surface area contributed by atoms with E-state index in [2.05, 4.69) is 16.0 Å². The van der Waals surface area contributed by atoms with Gasteiger partial charge in [0.05, 0.1) is 17.4 Å². The number of halogens is 1. The molecule has 1 atom stereocenters. The molecule has 1 aliphatic rings. The Morgan fingerprint density at radius 2 is 1.85 bits per heavy atom. The molecule has 0 saturated carbocycles.